The van der Waals surface area contributed by atoms with Crippen molar-refractivity contribution >= 4 is 17.5 Å². The first-order valence-electron chi connectivity index (χ1n) is 5.65. The summed E-state index contributed by atoms with van der Waals surface area (Å²) in [6.07, 6.45) is 4.16. The summed E-state index contributed by atoms with van der Waals surface area (Å²) in [4.78, 5) is 28.4. The van der Waals surface area contributed by atoms with Crippen LogP contribution in [0, 0.1) is 10.1 Å². The van der Waals surface area contributed by atoms with Crippen LogP contribution in [0.4, 0.5) is 11.5 Å². The van der Waals surface area contributed by atoms with E-state index in [9.17, 15) is 14.9 Å². The van der Waals surface area contributed by atoms with Crippen molar-refractivity contribution in [2.24, 2.45) is 0 Å². The first-order valence-corrected chi connectivity index (χ1v) is 5.65. The molecule has 0 saturated carbocycles. The number of hydrogen-bond donors (Lipinski definition) is 2. The van der Waals surface area contributed by atoms with Crippen LogP contribution >= 0.6 is 0 Å². The minimum atomic E-state index is -1.09. The molecule has 9 heteroatoms. The number of carbonyl (C=O) groups is 1. The Labute approximate surface area is 113 Å². The van der Waals surface area contributed by atoms with E-state index < -0.39 is 10.9 Å². The molecule has 0 unspecified atom stereocenters. The third-order valence-corrected chi connectivity index (χ3v) is 2.48. The van der Waals surface area contributed by atoms with Crippen molar-refractivity contribution in [3.8, 4) is 0 Å². The molecule has 0 bridgehead atoms. The number of anilines is 1. The molecule has 9 nitrogen and oxygen atoms in total. The first-order chi connectivity index (χ1) is 9.56. The van der Waals surface area contributed by atoms with Crippen LogP contribution in [0.15, 0.2) is 30.9 Å². The molecular weight excluding hydrogens is 266 g/mol. The molecule has 0 amide bonds. The fourth-order valence-corrected chi connectivity index (χ4v) is 1.54. The smallest absolute Gasteiger partial charge is 0.356 e. The van der Waals surface area contributed by atoms with Gasteiger partial charge in [-0.25, -0.2) is 14.8 Å². The molecule has 0 aliphatic heterocycles. The normalized spacial score (nSPS) is 10.2. The van der Waals surface area contributed by atoms with Gasteiger partial charge < -0.3 is 15.0 Å². The van der Waals surface area contributed by atoms with Crippen LogP contribution in [0.1, 0.15) is 10.5 Å². The van der Waals surface area contributed by atoms with Gasteiger partial charge in [0.05, 0.1) is 17.3 Å². The van der Waals surface area contributed by atoms with Gasteiger partial charge in [-0.1, -0.05) is 0 Å². The average Bonchev–Trinajstić information content (AvgIpc) is 2.88. The van der Waals surface area contributed by atoms with Gasteiger partial charge in [-0.2, -0.15) is 0 Å². The Bertz CT molecular complexity index is 639. The third-order valence-electron chi connectivity index (χ3n) is 2.48. The van der Waals surface area contributed by atoms with Crippen LogP contribution < -0.4 is 5.32 Å². The van der Waals surface area contributed by atoms with Crippen molar-refractivity contribution in [3.05, 3.63) is 46.7 Å². The lowest BCUT2D eigenvalue weighted by atomic mass is 10.4. The Morgan fingerprint density at radius 2 is 2.30 bits per heavy atom. The monoisotopic (exact) mass is 277 g/mol. The maximum absolute atomic E-state index is 10.6. The number of nitro groups is 1. The molecule has 0 atom stereocenters. The lowest BCUT2D eigenvalue weighted by Gasteiger charge is -2.05. The van der Waals surface area contributed by atoms with Crippen molar-refractivity contribution in [2.75, 3.05) is 11.9 Å². The molecule has 2 aromatic heterocycles. The molecule has 0 aromatic carbocycles. The molecule has 20 heavy (non-hydrogen) atoms. The number of pyridine rings is 1. The number of nitrogens with zero attached hydrogens (tertiary/aromatic N) is 4. The van der Waals surface area contributed by atoms with E-state index in [1.165, 1.54) is 30.9 Å². The predicted molar refractivity (Wildman–Crippen MR) is 68.6 cm³/mol. The Kier molecular flexibility index (Phi) is 3.89. The number of carboxylic acid groups (broad SMARTS) is 1. The number of carboxylic acids is 1. The minimum Gasteiger partial charge on any atom is -0.476 e. The van der Waals surface area contributed by atoms with Crippen LogP contribution in [0.3, 0.4) is 0 Å². The van der Waals surface area contributed by atoms with Gasteiger partial charge in [-0.15, -0.1) is 0 Å². The Morgan fingerprint density at radius 3 is 2.95 bits per heavy atom. The summed E-state index contributed by atoms with van der Waals surface area (Å²) in [5.74, 6) is -0.699. The van der Waals surface area contributed by atoms with E-state index in [2.05, 4.69) is 15.3 Å². The molecule has 104 valence electrons. The summed E-state index contributed by atoms with van der Waals surface area (Å²) in [5, 5.41) is 22.2. The molecule has 0 radical (unpaired) electrons. The van der Waals surface area contributed by atoms with E-state index in [1.807, 2.05) is 0 Å². The van der Waals surface area contributed by atoms with Crippen LogP contribution in [-0.4, -0.2) is 37.1 Å². The van der Waals surface area contributed by atoms with Gasteiger partial charge >= 0.3 is 5.97 Å². The molecule has 2 N–H and O–H groups in total. The second kappa shape index (κ2) is 5.78. The highest BCUT2D eigenvalue weighted by atomic mass is 16.6. The summed E-state index contributed by atoms with van der Waals surface area (Å²) in [5.41, 5.74) is -0.0724. The molecule has 2 heterocycles. The zero-order chi connectivity index (χ0) is 14.5. The lowest BCUT2D eigenvalue weighted by Crippen LogP contribution is -2.10. The highest BCUT2D eigenvalue weighted by molar-refractivity contribution is 5.84. The Morgan fingerprint density at radius 1 is 1.50 bits per heavy atom. The van der Waals surface area contributed by atoms with Crippen molar-refractivity contribution in [3.63, 3.8) is 0 Å². The van der Waals surface area contributed by atoms with Gasteiger partial charge in [-0.3, -0.25) is 10.1 Å². The maximum atomic E-state index is 10.6. The van der Waals surface area contributed by atoms with Crippen molar-refractivity contribution < 1.29 is 14.8 Å². The zero-order valence-corrected chi connectivity index (χ0v) is 10.3. The van der Waals surface area contributed by atoms with Gasteiger partial charge in [0, 0.05) is 31.5 Å². The predicted octanol–water partition coefficient (Wildman–Crippen LogP) is 0.997. The minimum absolute atomic E-state index is 0.0292. The Balaban J connectivity index is 1.90. The number of rotatable bonds is 6. The van der Waals surface area contributed by atoms with Crippen LogP contribution in [0.2, 0.25) is 0 Å². The molecule has 2 rings (SSSR count). The highest BCUT2D eigenvalue weighted by Gasteiger charge is 2.07. The third kappa shape index (κ3) is 3.28. The van der Waals surface area contributed by atoms with E-state index in [4.69, 9.17) is 5.11 Å². The average molecular weight is 277 g/mol. The fraction of sp³-hybridized carbons (Fsp3) is 0.182. The second-order valence-electron chi connectivity index (χ2n) is 3.89. The quantitative estimate of drug-likeness (QED) is 0.596. The van der Waals surface area contributed by atoms with E-state index in [0.717, 1.165) is 0 Å². The van der Waals surface area contributed by atoms with Gasteiger partial charge in [0.15, 0.2) is 5.69 Å². The molecule has 0 spiro atoms. The first kappa shape index (κ1) is 13.5. The van der Waals surface area contributed by atoms with E-state index in [1.54, 1.807) is 4.57 Å². The number of aromatic carboxylic acids is 1. The van der Waals surface area contributed by atoms with Crippen LogP contribution in [0.25, 0.3) is 0 Å². The van der Waals surface area contributed by atoms with Crippen molar-refractivity contribution in [1.82, 2.24) is 14.5 Å². The number of nitrogens with one attached hydrogen (secondary N) is 1. The van der Waals surface area contributed by atoms with E-state index in [0.29, 0.717) is 18.9 Å². The molecule has 0 fully saturated rings. The summed E-state index contributed by atoms with van der Waals surface area (Å²) < 4.78 is 1.60. The molecule has 0 aliphatic rings. The summed E-state index contributed by atoms with van der Waals surface area (Å²) >= 11 is 0. The molecule has 0 saturated heterocycles. The van der Waals surface area contributed by atoms with Crippen LogP contribution in [-0.2, 0) is 6.54 Å². The zero-order valence-electron chi connectivity index (χ0n) is 10.3. The second-order valence-corrected chi connectivity index (χ2v) is 3.89. The molecule has 0 aliphatic carbocycles. The van der Waals surface area contributed by atoms with Gasteiger partial charge in [-0.05, 0) is 0 Å². The van der Waals surface area contributed by atoms with Crippen LogP contribution in [0.5, 0.6) is 0 Å². The van der Waals surface area contributed by atoms with Crippen molar-refractivity contribution in [2.45, 2.75) is 6.54 Å². The molecular formula is C11H11N5O4. The maximum Gasteiger partial charge on any atom is 0.356 e. The molecule has 2 aromatic rings. The highest BCUT2D eigenvalue weighted by Crippen LogP contribution is 2.13. The Hall–Kier alpha value is -2.97. The topological polar surface area (TPSA) is 123 Å². The number of imidazole rings is 1. The number of aromatic nitrogens is 3. The standard InChI is InChI=1S/C11H11N5O4/c17-11(18)9-6-15(7-14-9)4-3-13-10-5-8(16(19)20)1-2-12-10/h1-2,5-7H,3-4H2,(H,12,13)(H,17,18). The largest absolute Gasteiger partial charge is 0.476 e. The van der Waals surface area contributed by atoms with Gasteiger partial charge in [0.2, 0.25) is 0 Å². The SMILES string of the molecule is O=C(O)c1cn(CCNc2cc([N+](=O)[O-])ccn2)cn1. The lowest BCUT2D eigenvalue weighted by molar-refractivity contribution is -0.384. The van der Waals surface area contributed by atoms with Crippen molar-refractivity contribution in [1.29, 1.82) is 0 Å². The van der Waals surface area contributed by atoms with Gasteiger partial charge in [0.25, 0.3) is 5.69 Å². The fourth-order valence-electron chi connectivity index (χ4n) is 1.54. The number of hydrogen-bond acceptors (Lipinski definition) is 6. The van der Waals surface area contributed by atoms with E-state index >= 15 is 0 Å². The summed E-state index contributed by atoms with van der Waals surface area (Å²) in [6, 6.07) is 2.64. The summed E-state index contributed by atoms with van der Waals surface area (Å²) in [7, 11) is 0. The van der Waals surface area contributed by atoms with E-state index in [-0.39, 0.29) is 11.4 Å². The summed E-state index contributed by atoms with van der Waals surface area (Å²) in [6.45, 7) is 0.897. The van der Waals surface area contributed by atoms with Gasteiger partial charge in [0.1, 0.15) is 5.82 Å².